The first kappa shape index (κ1) is 9.18. The lowest BCUT2D eigenvalue weighted by Gasteiger charge is -2.15. The summed E-state index contributed by atoms with van der Waals surface area (Å²) in [6, 6.07) is 7.45. The first-order chi connectivity index (χ1) is 6.68. The summed E-state index contributed by atoms with van der Waals surface area (Å²) in [5.41, 5.74) is 7.60. The average molecular weight is 191 g/mol. The first-order valence-electron chi connectivity index (χ1n) is 4.59. The summed E-state index contributed by atoms with van der Waals surface area (Å²) < 4.78 is 0. The summed E-state index contributed by atoms with van der Waals surface area (Å²) in [4.78, 5) is 11.5. The van der Waals surface area contributed by atoms with E-state index < -0.39 is 0 Å². The molecular formula is C10H13N3O. The number of hydrogen-bond donors (Lipinski definition) is 2. The van der Waals surface area contributed by atoms with Gasteiger partial charge in [0.25, 0.3) is 0 Å². The molecule has 2 rings (SSSR count). The molecule has 0 bridgehead atoms. The quantitative estimate of drug-likeness (QED) is 0.453. The Bertz CT molecular complexity index is 364. The second kappa shape index (κ2) is 3.40. The molecule has 4 heteroatoms. The molecule has 1 aromatic rings. The fourth-order valence-electron chi connectivity index (χ4n) is 1.73. The van der Waals surface area contributed by atoms with Gasteiger partial charge in [0.05, 0.1) is 5.69 Å². The molecule has 4 nitrogen and oxygen atoms in total. The summed E-state index contributed by atoms with van der Waals surface area (Å²) in [6.07, 6.45) is 1.01. The molecule has 4 N–H and O–H groups in total. The Morgan fingerprint density at radius 3 is 2.79 bits per heavy atom. The maximum absolute atomic E-state index is 11.5. The van der Waals surface area contributed by atoms with Crippen LogP contribution < -0.4 is 16.6 Å². The molecule has 1 aliphatic heterocycles. The highest BCUT2D eigenvalue weighted by atomic mass is 16.2. The topological polar surface area (TPSA) is 72.4 Å². The van der Waals surface area contributed by atoms with Crippen LogP contribution in [0.2, 0.25) is 0 Å². The predicted molar refractivity (Wildman–Crippen MR) is 54.4 cm³/mol. The van der Waals surface area contributed by atoms with Gasteiger partial charge in [-0.05, 0) is 18.1 Å². The van der Waals surface area contributed by atoms with Gasteiger partial charge in [-0.25, -0.2) is 10.9 Å². The van der Waals surface area contributed by atoms with Crippen molar-refractivity contribution in [2.45, 2.75) is 18.9 Å². The van der Waals surface area contributed by atoms with Crippen molar-refractivity contribution in [3.8, 4) is 0 Å². The number of nitrogens with two attached hydrogens (primary N) is 2. The van der Waals surface area contributed by atoms with Gasteiger partial charge >= 0.3 is 0 Å². The van der Waals surface area contributed by atoms with E-state index in [0.29, 0.717) is 12.8 Å². The van der Waals surface area contributed by atoms with E-state index in [1.165, 1.54) is 5.01 Å². The molecule has 0 spiro atoms. The van der Waals surface area contributed by atoms with Crippen molar-refractivity contribution in [1.29, 1.82) is 0 Å². The largest absolute Gasteiger partial charge is 0.327 e. The summed E-state index contributed by atoms with van der Waals surface area (Å²) in [5.74, 6) is 5.56. The molecule has 0 saturated heterocycles. The van der Waals surface area contributed by atoms with Crippen LogP contribution >= 0.6 is 0 Å². The highest BCUT2D eigenvalue weighted by molar-refractivity contribution is 5.94. The SMILES string of the molecule is NC1CC(=O)N(N)c2ccccc2C1. The number of carbonyl (C=O) groups excluding carboxylic acids is 1. The maximum Gasteiger partial charge on any atom is 0.242 e. The molecule has 1 atom stereocenters. The number of benzene rings is 1. The number of para-hydroxylation sites is 1. The number of anilines is 1. The number of rotatable bonds is 0. The van der Waals surface area contributed by atoms with Crippen molar-refractivity contribution < 1.29 is 4.79 Å². The minimum Gasteiger partial charge on any atom is -0.327 e. The van der Waals surface area contributed by atoms with Gasteiger partial charge in [-0.3, -0.25) is 4.79 Å². The summed E-state index contributed by atoms with van der Waals surface area (Å²) in [6.45, 7) is 0. The summed E-state index contributed by atoms with van der Waals surface area (Å²) in [7, 11) is 0. The minimum atomic E-state index is -0.128. The molecule has 1 amide bonds. The lowest BCUT2D eigenvalue weighted by molar-refractivity contribution is -0.118. The molecule has 14 heavy (non-hydrogen) atoms. The van der Waals surface area contributed by atoms with E-state index in [9.17, 15) is 4.79 Å². The van der Waals surface area contributed by atoms with Gasteiger partial charge in [0.1, 0.15) is 0 Å². The van der Waals surface area contributed by atoms with Crippen molar-refractivity contribution >= 4 is 11.6 Å². The van der Waals surface area contributed by atoms with Crippen molar-refractivity contribution in [3.05, 3.63) is 29.8 Å². The van der Waals surface area contributed by atoms with Gasteiger partial charge < -0.3 is 5.73 Å². The van der Waals surface area contributed by atoms with Crippen molar-refractivity contribution in [1.82, 2.24) is 0 Å². The van der Waals surface area contributed by atoms with Gasteiger partial charge in [-0.15, -0.1) is 0 Å². The van der Waals surface area contributed by atoms with Crippen LogP contribution in [0.4, 0.5) is 5.69 Å². The molecular weight excluding hydrogens is 178 g/mol. The molecule has 0 radical (unpaired) electrons. The molecule has 74 valence electrons. The minimum absolute atomic E-state index is 0.123. The first-order valence-corrected chi connectivity index (χ1v) is 4.59. The van der Waals surface area contributed by atoms with Crippen LogP contribution in [0.1, 0.15) is 12.0 Å². The molecule has 1 unspecified atom stereocenters. The monoisotopic (exact) mass is 191 g/mol. The molecule has 0 aromatic heterocycles. The highest BCUT2D eigenvalue weighted by Crippen LogP contribution is 2.23. The Kier molecular flexibility index (Phi) is 2.23. The number of fused-ring (bicyclic) bond motifs is 1. The molecule has 1 aliphatic rings. The fourth-order valence-corrected chi connectivity index (χ4v) is 1.73. The van der Waals surface area contributed by atoms with Crippen molar-refractivity contribution in [2.24, 2.45) is 11.6 Å². The van der Waals surface area contributed by atoms with Gasteiger partial charge in [0.15, 0.2) is 0 Å². The molecule has 0 aliphatic carbocycles. The predicted octanol–water partition coefficient (Wildman–Crippen LogP) is 0.167. The van der Waals surface area contributed by atoms with E-state index >= 15 is 0 Å². The Hall–Kier alpha value is -1.39. The number of hydrazine groups is 1. The second-order valence-corrected chi connectivity index (χ2v) is 3.56. The Labute approximate surface area is 82.5 Å². The van der Waals surface area contributed by atoms with Crippen LogP contribution in [0.3, 0.4) is 0 Å². The smallest absolute Gasteiger partial charge is 0.242 e. The van der Waals surface area contributed by atoms with E-state index in [1.807, 2.05) is 24.3 Å². The molecule has 1 aromatic carbocycles. The van der Waals surface area contributed by atoms with E-state index in [0.717, 1.165) is 11.3 Å². The van der Waals surface area contributed by atoms with Gasteiger partial charge in [-0.2, -0.15) is 0 Å². The average Bonchev–Trinajstić information content (AvgIpc) is 2.26. The van der Waals surface area contributed by atoms with Gasteiger partial charge in [0.2, 0.25) is 5.91 Å². The fraction of sp³-hybridized carbons (Fsp3) is 0.300. The van der Waals surface area contributed by atoms with Gasteiger partial charge in [0, 0.05) is 12.5 Å². The third-order valence-corrected chi connectivity index (χ3v) is 2.44. The van der Waals surface area contributed by atoms with Crippen molar-refractivity contribution in [3.63, 3.8) is 0 Å². The lowest BCUT2D eigenvalue weighted by atomic mass is 10.0. The summed E-state index contributed by atoms with van der Waals surface area (Å²) >= 11 is 0. The number of hydrogen-bond acceptors (Lipinski definition) is 3. The normalized spacial score (nSPS) is 21.7. The van der Waals surface area contributed by atoms with Crippen LogP contribution in [0.5, 0.6) is 0 Å². The van der Waals surface area contributed by atoms with Crippen LogP contribution in [-0.2, 0) is 11.2 Å². The number of amides is 1. The van der Waals surface area contributed by atoms with E-state index in [2.05, 4.69) is 0 Å². The van der Waals surface area contributed by atoms with Crippen LogP contribution in [-0.4, -0.2) is 11.9 Å². The number of carbonyl (C=O) groups is 1. The molecule has 0 fully saturated rings. The maximum atomic E-state index is 11.5. The highest BCUT2D eigenvalue weighted by Gasteiger charge is 2.23. The zero-order valence-corrected chi connectivity index (χ0v) is 7.81. The van der Waals surface area contributed by atoms with Crippen LogP contribution in [0.25, 0.3) is 0 Å². The Balaban J connectivity index is 2.46. The second-order valence-electron chi connectivity index (χ2n) is 3.56. The van der Waals surface area contributed by atoms with E-state index in [-0.39, 0.29) is 11.9 Å². The molecule has 1 heterocycles. The van der Waals surface area contributed by atoms with E-state index in [1.54, 1.807) is 0 Å². The number of nitrogens with zero attached hydrogens (tertiary/aromatic N) is 1. The van der Waals surface area contributed by atoms with Crippen LogP contribution in [0.15, 0.2) is 24.3 Å². The lowest BCUT2D eigenvalue weighted by Crippen LogP contribution is -2.38. The van der Waals surface area contributed by atoms with Gasteiger partial charge in [-0.1, -0.05) is 18.2 Å². The van der Waals surface area contributed by atoms with Crippen LogP contribution in [0, 0.1) is 0 Å². The standard InChI is InChI=1S/C10H13N3O/c11-8-5-7-3-1-2-4-9(7)13(12)10(14)6-8/h1-4,8H,5-6,11-12H2. The zero-order chi connectivity index (χ0) is 10.1. The third kappa shape index (κ3) is 1.49. The van der Waals surface area contributed by atoms with E-state index in [4.69, 9.17) is 11.6 Å². The Morgan fingerprint density at radius 1 is 1.29 bits per heavy atom. The third-order valence-electron chi connectivity index (χ3n) is 2.44. The summed E-state index contributed by atoms with van der Waals surface area (Å²) in [5, 5.41) is 1.20. The zero-order valence-electron chi connectivity index (χ0n) is 7.81. The molecule has 0 saturated carbocycles. The van der Waals surface area contributed by atoms with Crippen molar-refractivity contribution in [2.75, 3.05) is 5.01 Å². The Morgan fingerprint density at radius 2 is 2.00 bits per heavy atom.